The first-order valence-corrected chi connectivity index (χ1v) is 12.0. The highest BCUT2D eigenvalue weighted by molar-refractivity contribution is 5.72. The van der Waals surface area contributed by atoms with Gasteiger partial charge in [0.25, 0.3) is 0 Å². The van der Waals surface area contributed by atoms with E-state index in [9.17, 15) is 4.79 Å². The number of cyclic esters (lactones) is 1. The van der Waals surface area contributed by atoms with E-state index in [0.717, 1.165) is 36.8 Å². The summed E-state index contributed by atoms with van der Waals surface area (Å²) >= 11 is 0. The number of ether oxygens (including phenoxy) is 1. The number of hydrogen-bond donors (Lipinski definition) is 0. The molecule has 0 saturated carbocycles. The fraction of sp³-hybridized carbons (Fsp3) is 0.367. The molecule has 2 aromatic rings. The van der Waals surface area contributed by atoms with Crippen molar-refractivity contribution in [2.24, 2.45) is 0 Å². The second-order valence-electron chi connectivity index (χ2n) is 9.18. The summed E-state index contributed by atoms with van der Waals surface area (Å²) in [6.07, 6.45) is 10.5. The maximum atomic E-state index is 12.9. The lowest BCUT2D eigenvalue weighted by Crippen LogP contribution is -2.28. The molecule has 1 fully saturated rings. The van der Waals surface area contributed by atoms with Crippen LogP contribution in [0.4, 0.5) is 4.79 Å². The molecule has 0 aromatic heterocycles. The van der Waals surface area contributed by atoms with Crippen LogP contribution < -0.4 is 0 Å². The SMILES string of the molecule is CC(C)=CCC/C(C)=C/CC/C(C)=C/CN1C(=O)O[C@H](c2ccccc2)[C@H]1c1ccccc1. The van der Waals surface area contributed by atoms with Crippen LogP contribution >= 0.6 is 0 Å². The van der Waals surface area contributed by atoms with Gasteiger partial charge in [0, 0.05) is 6.54 Å². The summed E-state index contributed by atoms with van der Waals surface area (Å²) in [5.74, 6) is 0. The Bertz CT molecular complexity index is 984. The Morgan fingerprint density at radius 3 is 1.94 bits per heavy atom. The van der Waals surface area contributed by atoms with E-state index in [4.69, 9.17) is 4.74 Å². The maximum Gasteiger partial charge on any atom is 0.411 e. The van der Waals surface area contributed by atoms with Crippen molar-refractivity contribution in [1.29, 1.82) is 0 Å². The van der Waals surface area contributed by atoms with Gasteiger partial charge in [0.2, 0.25) is 0 Å². The summed E-state index contributed by atoms with van der Waals surface area (Å²) in [5, 5.41) is 0. The van der Waals surface area contributed by atoms with Crippen molar-refractivity contribution in [2.45, 2.75) is 65.5 Å². The molecular formula is C30H37NO2. The van der Waals surface area contributed by atoms with Gasteiger partial charge in [-0.2, -0.15) is 0 Å². The van der Waals surface area contributed by atoms with Gasteiger partial charge in [-0.25, -0.2) is 4.79 Å². The third-order valence-electron chi connectivity index (χ3n) is 6.11. The molecule has 3 nitrogen and oxygen atoms in total. The first-order chi connectivity index (χ1) is 16.0. The molecule has 33 heavy (non-hydrogen) atoms. The Balaban J connectivity index is 1.66. The number of benzene rings is 2. The minimum atomic E-state index is -0.304. The lowest BCUT2D eigenvalue weighted by Gasteiger charge is -2.24. The van der Waals surface area contributed by atoms with Gasteiger partial charge in [-0.05, 0) is 64.5 Å². The second kappa shape index (κ2) is 12.2. The highest BCUT2D eigenvalue weighted by Crippen LogP contribution is 2.42. The van der Waals surface area contributed by atoms with Gasteiger partial charge in [0.05, 0.1) is 0 Å². The molecule has 0 aliphatic carbocycles. The van der Waals surface area contributed by atoms with E-state index in [1.54, 1.807) is 0 Å². The highest BCUT2D eigenvalue weighted by atomic mass is 16.6. The Kier molecular flexibility index (Phi) is 9.12. The molecule has 0 bridgehead atoms. The average Bonchev–Trinajstić information content (AvgIpc) is 3.14. The zero-order valence-corrected chi connectivity index (χ0v) is 20.5. The van der Waals surface area contributed by atoms with E-state index in [0.29, 0.717) is 6.54 Å². The molecule has 1 aliphatic heterocycles. The van der Waals surface area contributed by atoms with Gasteiger partial charge in [-0.15, -0.1) is 0 Å². The van der Waals surface area contributed by atoms with E-state index >= 15 is 0 Å². The van der Waals surface area contributed by atoms with Crippen LogP contribution in [0, 0.1) is 0 Å². The van der Waals surface area contributed by atoms with Crippen LogP contribution in [0.1, 0.15) is 76.7 Å². The fourth-order valence-electron chi connectivity index (χ4n) is 4.20. The number of rotatable bonds is 10. The van der Waals surface area contributed by atoms with Crippen LogP contribution in [-0.4, -0.2) is 17.5 Å². The van der Waals surface area contributed by atoms with Gasteiger partial charge < -0.3 is 4.74 Å². The maximum absolute atomic E-state index is 12.9. The quantitative estimate of drug-likeness (QED) is 0.345. The van der Waals surface area contributed by atoms with Gasteiger partial charge in [-0.3, -0.25) is 4.90 Å². The first kappa shape index (κ1) is 24.6. The summed E-state index contributed by atoms with van der Waals surface area (Å²) in [7, 11) is 0. The van der Waals surface area contributed by atoms with Crippen LogP contribution in [-0.2, 0) is 4.74 Å². The summed E-state index contributed by atoms with van der Waals surface area (Å²) in [4.78, 5) is 14.7. The first-order valence-electron chi connectivity index (χ1n) is 12.0. The molecule has 0 spiro atoms. The predicted molar refractivity (Wildman–Crippen MR) is 137 cm³/mol. The number of amides is 1. The Hall–Kier alpha value is -3.07. The monoisotopic (exact) mass is 443 g/mol. The van der Waals surface area contributed by atoms with E-state index in [-0.39, 0.29) is 18.2 Å². The highest BCUT2D eigenvalue weighted by Gasteiger charge is 2.42. The van der Waals surface area contributed by atoms with Crippen LogP contribution in [0.25, 0.3) is 0 Å². The van der Waals surface area contributed by atoms with Gasteiger partial charge in [0.1, 0.15) is 6.04 Å². The number of allylic oxidation sites excluding steroid dienone is 5. The third-order valence-corrected chi connectivity index (χ3v) is 6.11. The van der Waals surface area contributed by atoms with Crippen LogP contribution in [0.2, 0.25) is 0 Å². The van der Waals surface area contributed by atoms with Crippen LogP contribution in [0.15, 0.2) is 95.6 Å². The smallest absolute Gasteiger partial charge is 0.411 e. The average molecular weight is 444 g/mol. The minimum Gasteiger partial charge on any atom is -0.439 e. The van der Waals surface area contributed by atoms with Crippen molar-refractivity contribution in [3.8, 4) is 0 Å². The van der Waals surface area contributed by atoms with Crippen LogP contribution in [0.5, 0.6) is 0 Å². The van der Waals surface area contributed by atoms with E-state index in [2.05, 4.69) is 58.1 Å². The van der Waals surface area contributed by atoms with Gasteiger partial charge in [-0.1, -0.05) is 95.6 Å². The zero-order valence-electron chi connectivity index (χ0n) is 20.5. The molecule has 2 atom stereocenters. The second-order valence-corrected chi connectivity index (χ2v) is 9.18. The topological polar surface area (TPSA) is 29.5 Å². The van der Waals surface area contributed by atoms with Gasteiger partial charge >= 0.3 is 6.09 Å². The molecule has 1 amide bonds. The molecule has 3 heteroatoms. The van der Waals surface area contributed by atoms with Crippen molar-refractivity contribution in [2.75, 3.05) is 6.54 Å². The lowest BCUT2D eigenvalue weighted by molar-refractivity contribution is 0.130. The summed E-state index contributed by atoms with van der Waals surface area (Å²) in [6, 6.07) is 20.1. The van der Waals surface area contributed by atoms with E-state index in [1.165, 1.54) is 16.7 Å². The Morgan fingerprint density at radius 1 is 0.788 bits per heavy atom. The molecule has 0 unspecified atom stereocenters. The van der Waals surface area contributed by atoms with Crippen molar-refractivity contribution in [3.05, 3.63) is 107 Å². The number of carbonyl (C=O) groups is 1. The Morgan fingerprint density at radius 2 is 1.33 bits per heavy atom. The molecular weight excluding hydrogens is 406 g/mol. The third kappa shape index (κ3) is 7.21. The predicted octanol–water partition coefficient (Wildman–Crippen LogP) is 8.34. The largest absolute Gasteiger partial charge is 0.439 e. The van der Waals surface area contributed by atoms with Crippen molar-refractivity contribution in [1.82, 2.24) is 4.90 Å². The number of hydrogen-bond acceptors (Lipinski definition) is 2. The summed E-state index contributed by atoms with van der Waals surface area (Å²) < 4.78 is 5.87. The summed E-state index contributed by atoms with van der Waals surface area (Å²) in [5.41, 5.74) is 6.24. The number of nitrogens with zero attached hydrogens (tertiary/aromatic N) is 1. The molecule has 2 aromatic carbocycles. The van der Waals surface area contributed by atoms with Crippen molar-refractivity contribution >= 4 is 6.09 Å². The zero-order chi connectivity index (χ0) is 23.6. The summed E-state index contributed by atoms with van der Waals surface area (Å²) in [6.45, 7) is 9.21. The molecule has 1 heterocycles. The van der Waals surface area contributed by atoms with Crippen LogP contribution in [0.3, 0.4) is 0 Å². The molecule has 1 aliphatic rings. The van der Waals surface area contributed by atoms with E-state index < -0.39 is 0 Å². The van der Waals surface area contributed by atoms with Crippen molar-refractivity contribution in [3.63, 3.8) is 0 Å². The molecule has 0 radical (unpaired) electrons. The molecule has 0 N–H and O–H groups in total. The van der Waals surface area contributed by atoms with E-state index in [1.807, 2.05) is 53.4 Å². The van der Waals surface area contributed by atoms with Crippen molar-refractivity contribution < 1.29 is 9.53 Å². The molecule has 174 valence electrons. The number of carbonyl (C=O) groups excluding carboxylic acids is 1. The molecule has 3 rings (SSSR count). The normalized spacial score (nSPS) is 18.9. The Labute approximate surface area is 199 Å². The molecule has 1 saturated heterocycles. The lowest BCUT2D eigenvalue weighted by atomic mass is 9.95. The fourth-order valence-corrected chi connectivity index (χ4v) is 4.20. The standard InChI is InChI=1S/C30H37NO2/c1-23(2)13-11-14-24(3)15-12-16-25(4)21-22-31-28(26-17-7-5-8-18-26)29(33-30(31)32)27-19-9-6-10-20-27/h5-10,13,15,17-21,28-29H,11-12,14,16,22H2,1-4H3/b24-15+,25-21+/t28-,29-/m1/s1. The van der Waals surface area contributed by atoms with Gasteiger partial charge in [0.15, 0.2) is 6.10 Å². The minimum absolute atomic E-state index is 0.137.